The van der Waals surface area contributed by atoms with Gasteiger partial charge in [-0.15, -0.1) is 0 Å². The second-order valence-corrected chi connectivity index (χ2v) is 4.23. The van der Waals surface area contributed by atoms with E-state index in [0.29, 0.717) is 17.1 Å². The van der Waals surface area contributed by atoms with Crippen LogP contribution in [0.2, 0.25) is 5.02 Å². The van der Waals surface area contributed by atoms with Crippen LogP contribution in [0.15, 0.2) is 29.7 Å². The molecule has 1 amide bonds. The maximum atomic E-state index is 11.1. The van der Waals surface area contributed by atoms with E-state index in [1.54, 1.807) is 32.0 Å². The van der Waals surface area contributed by atoms with Crippen LogP contribution in [-0.4, -0.2) is 10.9 Å². The molecule has 0 saturated heterocycles. The lowest BCUT2D eigenvalue weighted by molar-refractivity contribution is -0.114. The number of aromatic nitrogens is 1. The van der Waals surface area contributed by atoms with E-state index in [9.17, 15) is 4.79 Å². The number of allylic oxidation sites excluding steroid dienone is 1. The smallest absolute Gasteiger partial charge is 0.262 e. The molecule has 1 aromatic rings. The third-order valence-electron chi connectivity index (χ3n) is 2.44. The Balaban J connectivity index is 2.96. The van der Waals surface area contributed by atoms with Crippen molar-refractivity contribution < 1.29 is 9.53 Å². The van der Waals surface area contributed by atoms with Crippen LogP contribution >= 0.6 is 11.6 Å². The average molecular weight is 280 g/mol. The van der Waals surface area contributed by atoms with Crippen molar-refractivity contribution in [2.24, 2.45) is 5.73 Å². The van der Waals surface area contributed by atoms with Crippen molar-refractivity contribution in [2.45, 2.75) is 26.4 Å². The molecule has 0 bridgehead atoms. The lowest BCUT2D eigenvalue weighted by Crippen LogP contribution is -2.16. The number of carbonyl (C=O) groups excluding carboxylic acids is 1. The van der Waals surface area contributed by atoms with Crippen LogP contribution in [0.5, 0.6) is 0 Å². The zero-order valence-corrected chi connectivity index (χ0v) is 11.4. The van der Waals surface area contributed by atoms with Crippen LogP contribution in [0.25, 0.3) is 0 Å². The van der Waals surface area contributed by atoms with Crippen molar-refractivity contribution in [3.63, 3.8) is 0 Å². The monoisotopic (exact) mass is 279 g/mol. The van der Waals surface area contributed by atoms with Gasteiger partial charge in [-0.2, -0.15) is 5.26 Å². The number of ether oxygens (including phenoxy) is 1. The van der Waals surface area contributed by atoms with Crippen LogP contribution in [0.3, 0.4) is 0 Å². The Morgan fingerprint density at radius 2 is 2.32 bits per heavy atom. The number of pyridine rings is 1. The fourth-order valence-electron chi connectivity index (χ4n) is 1.48. The molecule has 19 heavy (non-hydrogen) atoms. The summed E-state index contributed by atoms with van der Waals surface area (Å²) in [6.07, 6.45) is 1.49. The van der Waals surface area contributed by atoms with Crippen molar-refractivity contribution in [1.82, 2.24) is 4.98 Å². The molecule has 2 N–H and O–H groups in total. The summed E-state index contributed by atoms with van der Waals surface area (Å²) in [5.41, 5.74) is 5.61. The molecule has 5 nitrogen and oxygen atoms in total. The first kappa shape index (κ1) is 15.0. The van der Waals surface area contributed by atoms with Gasteiger partial charge < -0.3 is 10.5 Å². The Morgan fingerprint density at radius 1 is 1.63 bits per heavy atom. The van der Waals surface area contributed by atoms with Gasteiger partial charge in [-0.05, 0) is 19.1 Å². The van der Waals surface area contributed by atoms with E-state index in [4.69, 9.17) is 27.3 Å². The Bertz CT molecular complexity index is 532. The fraction of sp³-hybridized carbons (Fsp3) is 0.308. The number of primary amides is 1. The highest BCUT2D eigenvalue weighted by Crippen LogP contribution is 2.22. The number of hydrogen-bond donors (Lipinski definition) is 1. The van der Waals surface area contributed by atoms with E-state index in [1.807, 2.05) is 0 Å². The zero-order valence-electron chi connectivity index (χ0n) is 10.7. The number of nitrogens with zero attached hydrogens (tertiary/aromatic N) is 2. The van der Waals surface area contributed by atoms with E-state index < -0.39 is 12.0 Å². The summed E-state index contributed by atoms with van der Waals surface area (Å²) in [6.45, 7) is 3.54. The normalized spacial score (nSPS) is 13.2. The minimum Gasteiger partial charge on any atom is -0.487 e. The number of nitrogens with two attached hydrogens (primary N) is 1. The predicted molar refractivity (Wildman–Crippen MR) is 70.9 cm³/mol. The molecule has 0 saturated carbocycles. The fourth-order valence-corrected chi connectivity index (χ4v) is 1.59. The van der Waals surface area contributed by atoms with E-state index in [2.05, 4.69) is 4.98 Å². The molecule has 0 aliphatic carbocycles. The summed E-state index contributed by atoms with van der Waals surface area (Å²) in [4.78, 5) is 15.2. The number of rotatable bonds is 5. The number of carbonyl (C=O) groups is 1. The predicted octanol–water partition coefficient (Wildman–Crippen LogP) is 2.49. The first-order valence-electron chi connectivity index (χ1n) is 5.70. The second kappa shape index (κ2) is 6.76. The third-order valence-corrected chi connectivity index (χ3v) is 2.67. The van der Waals surface area contributed by atoms with Crippen LogP contribution in [0.4, 0.5) is 0 Å². The van der Waals surface area contributed by atoms with Gasteiger partial charge in [0.2, 0.25) is 0 Å². The highest BCUT2D eigenvalue weighted by molar-refractivity contribution is 6.30. The third kappa shape index (κ3) is 3.97. The molecule has 0 aliphatic rings. The average Bonchev–Trinajstić information content (AvgIpc) is 2.38. The maximum Gasteiger partial charge on any atom is 0.262 e. The standard InChI is InChI=1S/C13H14ClN3O2/c1-3-12(10(6-15)13(16)18)19-8(2)11-5-4-9(14)7-17-11/h4-5,7-8H,3H2,1-2H3,(H2,16,18). The Hall–Kier alpha value is -2.06. The molecule has 0 radical (unpaired) electrons. The van der Waals surface area contributed by atoms with Crippen molar-refractivity contribution in [3.05, 3.63) is 40.4 Å². The Morgan fingerprint density at radius 3 is 2.74 bits per heavy atom. The summed E-state index contributed by atoms with van der Waals surface area (Å²) in [5, 5.41) is 9.42. The van der Waals surface area contributed by atoms with Crippen LogP contribution in [0, 0.1) is 11.3 Å². The molecule has 0 spiro atoms. The van der Waals surface area contributed by atoms with Gasteiger partial charge >= 0.3 is 0 Å². The number of nitriles is 1. The van der Waals surface area contributed by atoms with Gasteiger partial charge in [0.05, 0.1) is 10.7 Å². The molecule has 0 aromatic carbocycles. The second-order valence-electron chi connectivity index (χ2n) is 3.79. The molecule has 0 fully saturated rings. The van der Waals surface area contributed by atoms with Gasteiger partial charge in [0.25, 0.3) is 5.91 Å². The van der Waals surface area contributed by atoms with Crippen LogP contribution in [-0.2, 0) is 9.53 Å². The van der Waals surface area contributed by atoms with Crippen molar-refractivity contribution in [3.8, 4) is 6.07 Å². The quantitative estimate of drug-likeness (QED) is 0.509. The molecule has 1 rings (SSSR count). The summed E-state index contributed by atoms with van der Waals surface area (Å²) in [7, 11) is 0. The van der Waals surface area contributed by atoms with E-state index in [-0.39, 0.29) is 11.3 Å². The summed E-state index contributed by atoms with van der Waals surface area (Å²) in [5.74, 6) is -0.533. The lowest BCUT2D eigenvalue weighted by Gasteiger charge is -2.16. The van der Waals surface area contributed by atoms with Crippen molar-refractivity contribution in [1.29, 1.82) is 5.26 Å². The highest BCUT2D eigenvalue weighted by Gasteiger charge is 2.16. The van der Waals surface area contributed by atoms with Gasteiger partial charge in [-0.1, -0.05) is 18.5 Å². The van der Waals surface area contributed by atoms with Crippen molar-refractivity contribution in [2.75, 3.05) is 0 Å². The molecule has 0 aliphatic heterocycles. The Labute approximate surface area is 116 Å². The zero-order chi connectivity index (χ0) is 14.4. The first-order valence-corrected chi connectivity index (χ1v) is 6.08. The van der Waals surface area contributed by atoms with Crippen LogP contribution in [0.1, 0.15) is 32.1 Å². The van der Waals surface area contributed by atoms with Gasteiger partial charge in [0, 0.05) is 12.6 Å². The van der Waals surface area contributed by atoms with Gasteiger partial charge in [-0.3, -0.25) is 9.78 Å². The summed E-state index contributed by atoms with van der Waals surface area (Å²) >= 11 is 5.75. The van der Waals surface area contributed by atoms with Crippen LogP contribution < -0.4 is 5.73 Å². The largest absolute Gasteiger partial charge is 0.487 e. The topological polar surface area (TPSA) is 89.0 Å². The molecule has 1 heterocycles. The summed E-state index contributed by atoms with van der Waals surface area (Å²) < 4.78 is 5.59. The van der Waals surface area contributed by atoms with Gasteiger partial charge in [0.1, 0.15) is 17.9 Å². The number of hydrogen-bond acceptors (Lipinski definition) is 4. The molecular formula is C13H14ClN3O2. The highest BCUT2D eigenvalue weighted by atomic mass is 35.5. The minimum absolute atomic E-state index is 0.164. The van der Waals surface area contributed by atoms with E-state index in [1.165, 1.54) is 6.20 Å². The number of halogens is 1. The SMILES string of the molecule is CCC(OC(C)c1ccc(Cl)cn1)=C(C#N)C(N)=O. The van der Waals surface area contributed by atoms with E-state index >= 15 is 0 Å². The first-order chi connectivity index (χ1) is 8.99. The lowest BCUT2D eigenvalue weighted by atomic mass is 10.2. The Kier molecular flexibility index (Phi) is 5.34. The minimum atomic E-state index is -0.796. The molecule has 1 aromatic heterocycles. The van der Waals surface area contributed by atoms with Crippen molar-refractivity contribution >= 4 is 17.5 Å². The molecule has 1 unspecified atom stereocenters. The molecule has 100 valence electrons. The maximum absolute atomic E-state index is 11.1. The molecule has 1 atom stereocenters. The number of amides is 1. The van der Waals surface area contributed by atoms with E-state index in [0.717, 1.165) is 0 Å². The van der Waals surface area contributed by atoms with Gasteiger partial charge in [0.15, 0.2) is 5.57 Å². The molecular weight excluding hydrogens is 266 g/mol. The van der Waals surface area contributed by atoms with Gasteiger partial charge in [-0.25, -0.2) is 0 Å². The molecule has 6 heteroatoms. The summed E-state index contributed by atoms with van der Waals surface area (Å²) in [6, 6.07) is 5.17.